The largest absolute Gasteiger partial charge is 0.457 e. The molecule has 0 amide bonds. The molecule has 0 bridgehead atoms. The molecule has 5 rings (SSSR count). The first-order chi connectivity index (χ1) is 14.1. The summed E-state index contributed by atoms with van der Waals surface area (Å²) >= 11 is 9.02. The molecule has 3 heteroatoms. The third-order valence-corrected chi connectivity index (χ3v) is 6.35. The highest BCUT2D eigenvalue weighted by molar-refractivity contribution is 7.80. The molecule has 0 radical (unpaired) electrons. The zero-order chi connectivity index (χ0) is 20.0. The van der Waals surface area contributed by atoms with Crippen molar-refractivity contribution in [2.24, 2.45) is 0 Å². The van der Waals surface area contributed by atoms with Crippen LogP contribution in [0.15, 0.2) is 101 Å². The number of thiol groups is 2. The van der Waals surface area contributed by atoms with Crippen LogP contribution in [0.2, 0.25) is 0 Å². The Morgan fingerprint density at radius 3 is 1.69 bits per heavy atom. The molecule has 29 heavy (non-hydrogen) atoms. The summed E-state index contributed by atoms with van der Waals surface area (Å²) in [6.45, 7) is 2.26. The average Bonchev–Trinajstić information content (AvgIpc) is 2.74. The molecule has 1 heterocycles. The lowest BCUT2D eigenvalue weighted by Crippen LogP contribution is -2.29. The van der Waals surface area contributed by atoms with E-state index in [2.05, 4.69) is 92.8 Å². The Morgan fingerprint density at radius 1 is 0.621 bits per heavy atom. The second-order valence-corrected chi connectivity index (χ2v) is 8.56. The lowest BCUT2D eigenvalue weighted by Gasteiger charge is -2.38. The normalized spacial score (nSPS) is 13.9. The fourth-order valence-corrected chi connectivity index (χ4v) is 4.60. The van der Waals surface area contributed by atoms with Crippen LogP contribution in [-0.2, 0) is 5.41 Å². The Bertz CT molecular complexity index is 1150. The van der Waals surface area contributed by atoms with Gasteiger partial charge in [0.15, 0.2) is 0 Å². The fourth-order valence-electron chi connectivity index (χ4n) is 4.22. The highest BCUT2D eigenvalue weighted by Crippen LogP contribution is 2.52. The van der Waals surface area contributed by atoms with Gasteiger partial charge in [0.25, 0.3) is 0 Å². The molecule has 4 aromatic rings. The van der Waals surface area contributed by atoms with Crippen molar-refractivity contribution in [3.63, 3.8) is 0 Å². The van der Waals surface area contributed by atoms with E-state index in [1.807, 2.05) is 30.3 Å². The molecule has 0 unspecified atom stereocenters. The first kappa shape index (κ1) is 18.4. The summed E-state index contributed by atoms with van der Waals surface area (Å²) in [7, 11) is 0. The first-order valence-corrected chi connectivity index (χ1v) is 10.5. The molecule has 1 aliphatic rings. The minimum absolute atomic E-state index is 0.332. The summed E-state index contributed by atoms with van der Waals surface area (Å²) in [6.07, 6.45) is 0. The van der Waals surface area contributed by atoms with Crippen molar-refractivity contribution in [2.75, 3.05) is 0 Å². The van der Waals surface area contributed by atoms with Crippen molar-refractivity contribution < 1.29 is 4.74 Å². The molecule has 0 aromatic heterocycles. The molecule has 0 saturated heterocycles. The Hall–Kier alpha value is -2.62. The minimum atomic E-state index is -0.332. The van der Waals surface area contributed by atoms with Gasteiger partial charge in [-0.1, -0.05) is 66.7 Å². The summed E-state index contributed by atoms with van der Waals surface area (Å²) < 4.78 is 6.25. The third-order valence-electron chi connectivity index (χ3n) is 5.80. The maximum atomic E-state index is 6.25. The quantitative estimate of drug-likeness (QED) is 0.326. The predicted molar refractivity (Wildman–Crippen MR) is 125 cm³/mol. The summed E-state index contributed by atoms with van der Waals surface area (Å²) in [4.78, 5) is 1.77. The topological polar surface area (TPSA) is 9.23 Å². The second-order valence-electron chi connectivity index (χ2n) is 7.53. The van der Waals surface area contributed by atoms with Crippen LogP contribution in [0.3, 0.4) is 0 Å². The van der Waals surface area contributed by atoms with Gasteiger partial charge in [0.05, 0.1) is 0 Å². The van der Waals surface area contributed by atoms with Gasteiger partial charge in [0.2, 0.25) is 0 Å². The number of benzene rings is 4. The zero-order valence-electron chi connectivity index (χ0n) is 16.0. The second kappa shape index (κ2) is 7.01. The van der Waals surface area contributed by atoms with Gasteiger partial charge in [-0.25, -0.2) is 0 Å². The fraction of sp³-hybridized carbons (Fsp3) is 0.0769. The standard InChI is InChI=1S/C26H20OS2/c1-26(19-9-7-18(8-10-19)17-5-3-2-4-6-17)22-13-11-20(28)15-24(22)27-25-16-21(29)12-14-23(25)26/h2-16,28-29H,1H3. The molecular weight excluding hydrogens is 392 g/mol. The number of rotatable bonds is 2. The van der Waals surface area contributed by atoms with E-state index in [-0.39, 0.29) is 5.41 Å². The van der Waals surface area contributed by atoms with E-state index in [0.29, 0.717) is 0 Å². The van der Waals surface area contributed by atoms with Crippen LogP contribution in [0.25, 0.3) is 11.1 Å². The lowest BCUT2D eigenvalue weighted by atomic mass is 9.69. The van der Waals surface area contributed by atoms with Crippen LogP contribution in [-0.4, -0.2) is 0 Å². The average molecular weight is 413 g/mol. The van der Waals surface area contributed by atoms with E-state index in [9.17, 15) is 0 Å². The lowest BCUT2D eigenvalue weighted by molar-refractivity contribution is 0.424. The first-order valence-electron chi connectivity index (χ1n) is 9.56. The van der Waals surface area contributed by atoms with E-state index in [1.165, 1.54) is 16.7 Å². The predicted octanol–water partition coefficient (Wildman–Crippen LogP) is 7.39. The summed E-state index contributed by atoms with van der Waals surface area (Å²) in [5.41, 5.74) is 5.60. The van der Waals surface area contributed by atoms with Crippen LogP contribution in [0.5, 0.6) is 11.5 Å². The van der Waals surface area contributed by atoms with Crippen LogP contribution in [0.4, 0.5) is 0 Å². The SMILES string of the molecule is CC1(c2ccc(-c3ccccc3)cc2)c2ccc(S)cc2Oc2cc(S)ccc21. The molecular formula is C26H20OS2. The van der Waals surface area contributed by atoms with Crippen LogP contribution in [0.1, 0.15) is 23.6 Å². The van der Waals surface area contributed by atoms with Crippen LogP contribution in [0, 0.1) is 0 Å². The Morgan fingerprint density at radius 2 is 1.14 bits per heavy atom. The molecule has 0 aliphatic carbocycles. The minimum Gasteiger partial charge on any atom is -0.457 e. The zero-order valence-corrected chi connectivity index (χ0v) is 17.8. The maximum absolute atomic E-state index is 6.25. The number of fused-ring (bicyclic) bond motifs is 2. The van der Waals surface area contributed by atoms with Gasteiger partial charge in [0.1, 0.15) is 11.5 Å². The van der Waals surface area contributed by atoms with E-state index in [4.69, 9.17) is 4.74 Å². The van der Waals surface area contributed by atoms with Crippen molar-refractivity contribution in [1.29, 1.82) is 0 Å². The van der Waals surface area contributed by atoms with Crippen molar-refractivity contribution in [3.8, 4) is 22.6 Å². The van der Waals surface area contributed by atoms with Gasteiger partial charge in [-0.3, -0.25) is 0 Å². The summed E-state index contributed by atoms with van der Waals surface area (Å²) in [5, 5.41) is 0. The van der Waals surface area contributed by atoms with Crippen molar-refractivity contribution in [2.45, 2.75) is 22.1 Å². The molecule has 0 saturated carbocycles. The summed E-state index contributed by atoms with van der Waals surface area (Å²) in [6, 6.07) is 31.6. The number of hydrogen-bond donors (Lipinski definition) is 2. The molecule has 1 nitrogen and oxygen atoms in total. The van der Waals surface area contributed by atoms with Gasteiger partial charge in [-0.05, 0) is 47.9 Å². The highest BCUT2D eigenvalue weighted by Gasteiger charge is 2.39. The van der Waals surface area contributed by atoms with Gasteiger partial charge in [-0.15, -0.1) is 25.3 Å². The molecule has 0 N–H and O–H groups in total. The van der Waals surface area contributed by atoms with E-state index < -0.39 is 0 Å². The van der Waals surface area contributed by atoms with Crippen molar-refractivity contribution in [3.05, 3.63) is 108 Å². The van der Waals surface area contributed by atoms with Crippen LogP contribution >= 0.6 is 25.3 Å². The maximum Gasteiger partial charge on any atom is 0.132 e. The van der Waals surface area contributed by atoms with E-state index in [1.54, 1.807) is 0 Å². The Balaban J connectivity index is 1.69. The Kier molecular flexibility index (Phi) is 4.45. The molecule has 1 aliphatic heterocycles. The molecule has 142 valence electrons. The third kappa shape index (κ3) is 3.06. The molecule has 0 spiro atoms. The van der Waals surface area contributed by atoms with Crippen molar-refractivity contribution in [1.82, 2.24) is 0 Å². The molecule has 4 aromatic carbocycles. The van der Waals surface area contributed by atoms with Crippen molar-refractivity contribution >= 4 is 25.3 Å². The van der Waals surface area contributed by atoms with E-state index in [0.717, 1.165) is 32.4 Å². The summed E-state index contributed by atoms with van der Waals surface area (Å²) in [5.74, 6) is 1.69. The molecule has 0 atom stereocenters. The van der Waals surface area contributed by atoms with Crippen LogP contribution < -0.4 is 4.74 Å². The monoisotopic (exact) mass is 412 g/mol. The number of hydrogen-bond acceptors (Lipinski definition) is 3. The smallest absolute Gasteiger partial charge is 0.132 e. The van der Waals surface area contributed by atoms with Gasteiger partial charge in [0, 0.05) is 26.3 Å². The highest BCUT2D eigenvalue weighted by atomic mass is 32.1. The van der Waals surface area contributed by atoms with Gasteiger partial charge in [-0.2, -0.15) is 0 Å². The Labute approximate surface area is 182 Å². The molecule has 0 fully saturated rings. The van der Waals surface area contributed by atoms with Gasteiger partial charge >= 0.3 is 0 Å². The number of ether oxygens (including phenoxy) is 1. The van der Waals surface area contributed by atoms with E-state index >= 15 is 0 Å². The van der Waals surface area contributed by atoms with Gasteiger partial charge < -0.3 is 4.74 Å².